The Balaban J connectivity index is 0.00000116. The molecule has 1 aromatic carbocycles. The molecular formula is C29H52N10O5S2. The predicted octanol–water partition coefficient (Wildman–Crippen LogP) is -0.717. The first-order valence-corrected chi connectivity index (χ1v) is 17.1. The molecule has 0 aromatic heterocycles. The zero-order chi connectivity index (χ0) is 34.9. The van der Waals surface area contributed by atoms with Gasteiger partial charge in [-0.1, -0.05) is 49.7 Å². The van der Waals surface area contributed by atoms with E-state index in [-0.39, 0.29) is 34.3 Å². The molecule has 13 N–H and O–H groups in total. The van der Waals surface area contributed by atoms with Crippen LogP contribution < -0.4 is 47.9 Å². The van der Waals surface area contributed by atoms with Crippen molar-refractivity contribution < 1.29 is 24.3 Å². The van der Waals surface area contributed by atoms with Gasteiger partial charge in [-0.05, 0) is 63.7 Å². The lowest BCUT2D eigenvalue weighted by Crippen LogP contribution is -2.52. The molecule has 0 aliphatic carbocycles. The fraction of sp³-hybridized carbons (Fsp3) is 0.552. The number of hydrogen-bond donors (Lipinski definition) is 10. The number of nitrogens with two attached hydrogens (primary N) is 3. The van der Waals surface area contributed by atoms with Gasteiger partial charge in [0, 0.05) is 24.5 Å². The summed E-state index contributed by atoms with van der Waals surface area (Å²) in [6, 6.07) is 8.83. The summed E-state index contributed by atoms with van der Waals surface area (Å²) in [5.74, 6) is -2.75. The quantitative estimate of drug-likeness (QED) is 0.0555. The van der Waals surface area contributed by atoms with Gasteiger partial charge in [-0.25, -0.2) is 0 Å². The summed E-state index contributed by atoms with van der Waals surface area (Å²) in [5, 5.41) is 19.2. The number of allylic oxidation sites excluding steroid dienone is 1. The van der Waals surface area contributed by atoms with Crippen LogP contribution >= 0.6 is 0 Å². The van der Waals surface area contributed by atoms with Crippen LogP contribution in [0.5, 0.6) is 0 Å². The Morgan fingerprint density at radius 1 is 0.957 bits per heavy atom. The fourth-order valence-electron chi connectivity index (χ4n) is 3.66. The second-order valence-electron chi connectivity index (χ2n) is 10.5. The van der Waals surface area contributed by atoms with E-state index < -0.39 is 36.4 Å². The van der Waals surface area contributed by atoms with E-state index in [1.54, 1.807) is 0 Å². The minimum Gasteiger partial charge on any atom is -0.480 e. The third kappa shape index (κ3) is 23.6. The van der Waals surface area contributed by atoms with E-state index in [2.05, 4.69) is 54.8 Å². The highest BCUT2D eigenvalue weighted by atomic mass is 32.8. The second-order valence-corrected chi connectivity index (χ2v) is 12.5. The zero-order valence-corrected chi connectivity index (χ0v) is 28.8. The van der Waals surface area contributed by atoms with Crippen LogP contribution in [-0.2, 0) is 40.2 Å². The number of benzene rings is 1. The average molecular weight is 685 g/mol. The molecule has 1 aliphatic rings. The molecule has 0 radical (unpaired) electrons. The molecule has 3 unspecified atom stereocenters. The van der Waals surface area contributed by atoms with Gasteiger partial charge < -0.3 is 53.0 Å². The third-order valence-corrected chi connectivity index (χ3v) is 7.19. The first-order valence-electron chi connectivity index (χ1n) is 15.0. The molecule has 1 aliphatic heterocycles. The van der Waals surface area contributed by atoms with E-state index in [4.69, 9.17) is 33.5 Å². The van der Waals surface area contributed by atoms with Gasteiger partial charge in [0.25, 0.3) is 0 Å². The minimum absolute atomic E-state index is 0.0205. The van der Waals surface area contributed by atoms with Crippen molar-refractivity contribution in [3.63, 3.8) is 0 Å². The molecule has 46 heavy (non-hydrogen) atoms. The molecule has 3 atom stereocenters. The highest BCUT2D eigenvalue weighted by molar-refractivity contribution is 8.26. The zero-order valence-electron chi connectivity index (χ0n) is 27.1. The van der Waals surface area contributed by atoms with Crippen LogP contribution in [0.25, 0.3) is 0 Å². The molecule has 0 fully saturated rings. The number of hydrogen-bond acceptors (Lipinski definition) is 8. The first-order chi connectivity index (χ1) is 21.7. The Morgan fingerprint density at radius 2 is 1.57 bits per heavy atom. The van der Waals surface area contributed by atoms with Crippen molar-refractivity contribution in [1.82, 2.24) is 30.7 Å². The van der Waals surface area contributed by atoms with Gasteiger partial charge in [0.2, 0.25) is 17.7 Å². The number of carbonyl (C=O) groups excluding carboxylic acids is 3. The van der Waals surface area contributed by atoms with Crippen molar-refractivity contribution in [2.24, 2.45) is 22.2 Å². The third-order valence-electron chi connectivity index (χ3n) is 5.81. The van der Waals surface area contributed by atoms with Gasteiger partial charge in [-0.3, -0.25) is 24.2 Å². The molecule has 15 nitrogen and oxygen atoms in total. The van der Waals surface area contributed by atoms with Crippen molar-refractivity contribution in [2.75, 3.05) is 26.2 Å². The topological polar surface area (TPSA) is 251 Å². The van der Waals surface area contributed by atoms with Gasteiger partial charge >= 0.3 is 5.97 Å². The number of carbonyl (C=O) groups is 4. The monoisotopic (exact) mass is 684 g/mol. The number of guanidine groups is 1. The number of nitrogens with zero attached hydrogens (tertiary/aromatic N) is 1. The Labute approximate surface area is 279 Å². The molecule has 17 heteroatoms. The molecule has 260 valence electrons. The largest absolute Gasteiger partial charge is 0.480 e. The maximum atomic E-state index is 12.5. The molecular weight excluding hydrogens is 633 g/mol. The lowest BCUT2D eigenvalue weighted by molar-refractivity contribution is -0.138. The highest BCUT2D eigenvalue weighted by Gasteiger charge is 2.23. The number of aliphatic carboxylic acids is 1. The summed E-state index contributed by atoms with van der Waals surface area (Å²) in [7, 11) is -0.212. The molecule has 3 amide bonds. The number of nitrogens with one attached hydrogen (secondary N) is 6. The SMILES string of the molecule is CC(C)NC(CCCN=C(N)N)C(=O)NCC(=O)NC(CCCCN)C(=O)NCC(=O)O.CC1=CNS(=S)N1.Cc1ccccc1. The predicted molar refractivity (Wildman–Crippen MR) is 186 cm³/mol. The van der Waals surface area contributed by atoms with Crippen molar-refractivity contribution in [2.45, 2.75) is 77.9 Å². The van der Waals surface area contributed by atoms with Crippen LogP contribution in [0.4, 0.5) is 0 Å². The van der Waals surface area contributed by atoms with Gasteiger partial charge in [0.05, 0.1) is 22.4 Å². The summed E-state index contributed by atoms with van der Waals surface area (Å²) in [6.45, 7) is 7.77. The number of carboxylic acid groups (broad SMARTS) is 1. The van der Waals surface area contributed by atoms with E-state index in [0.29, 0.717) is 45.2 Å². The van der Waals surface area contributed by atoms with Crippen LogP contribution in [0.15, 0.2) is 47.2 Å². The molecule has 1 aromatic rings. The molecule has 1 heterocycles. The van der Waals surface area contributed by atoms with Crippen LogP contribution in [0.1, 0.15) is 58.4 Å². The highest BCUT2D eigenvalue weighted by Crippen LogP contribution is 2.02. The Bertz CT molecular complexity index is 1150. The van der Waals surface area contributed by atoms with E-state index in [1.165, 1.54) is 5.56 Å². The van der Waals surface area contributed by atoms with E-state index in [1.807, 2.05) is 45.2 Å². The second kappa shape index (κ2) is 25.4. The molecule has 0 saturated heterocycles. The number of aryl methyl sites for hydroxylation is 1. The van der Waals surface area contributed by atoms with Crippen molar-refractivity contribution in [3.05, 3.63) is 47.8 Å². The standard InChI is InChI=1S/C19H38N8O5.C7H8.C3H6N2S2/c1-12(2)26-13(7-5-9-23-19(21)22)17(31)24-10-15(28)27-14(6-3-4-8-20)18(32)25-11-16(29)30;1-7-5-3-2-4-6-7;1-3-2-4-7(6)5-3/h12-14,26H,3-11,20H2,1-2H3,(H,24,31)(H,25,32)(H,27,28)(H,29,30)(H4,21,22,23);2-6H,1H3;2,4-5H,1H3. The lowest BCUT2D eigenvalue weighted by Gasteiger charge is -2.21. The molecule has 0 saturated carbocycles. The maximum absolute atomic E-state index is 12.5. The Morgan fingerprint density at radius 3 is 2.02 bits per heavy atom. The average Bonchev–Trinajstić information content (AvgIpc) is 3.38. The summed E-state index contributed by atoms with van der Waals surface area (Å²) in [6.07, 6.45) is 4.43. The van der Waals surface area contributed by atoms with Crippen LogP contribution in [0, 0.1) is 6.92 Å². The molecule has 2 rings (SSSR count). The van der Waals surface area contributed by atoms with E-state index in [0.717, 1.165) is 5.70 Å². The Hall–Kier alpha value is -3.80. The van der Waals surface area contributed by atoms with Gasteiger partial charge in [0.15, 0.2) is 5.96 Å². The van der Waals surface area contributed by atoms with Crippen LogP contribution in [0.3, 0.4) is 0 Å². The summed E-state index contributed by atoms with van der Waals surface area (Å²) in [4.78, 5) is 51.6. The molecule has 0 bridgehead atoms. The Kier molecular flexibility index (Phi) is 23.3. The number of aliphatic imine (C=N–C) groups is 1. The summed E-state index contributed by atoms with van der Waals surface area (Å²) < 4.78 is 5.95. The molecule has 0 spiro atoms. The maximum Gasteiger partial charge on any atom is 0.322 e. The van der Waals surface area contributed by atoms with Crippen molar-refractivity contribution >= 4 is 50.7 Å². The van der Waals surface area contributed by atoms with Crippen molar-refractivity contribution in [1.29, 1.82) is 0 Å². The van der Waals surface area contributed by atoms with Gasteiger partial charge in [-0.2, -0.15) is 0 Å². The first kappa shape index (κ1) is 42.2. The summed E-state index contributed by atoms with van der Waals surface area (Å²) in [5.41, 5.74) is 18.5. The fourth-order valence-corrected chi connectivity index (χ4v) is 4.89. The van der Waals surface area contributed by atoms with E-state index in [9.17, 15) is 19.2 Å². The number of unbranched alkanes of at least 4 members (excludes halogenated alkanes) is 1. The van der Waals surface area contributed by atoms with Gasteiger partial charge in [0.1, 0.15) is 12.6 Å². The van der Waals surface area contributed by atoms with Crippen LogP contribution in [-0.4, -0.2) is 79.1 Å². The number of amides is 3. The van der Waals surface area contributed by atoms with E-state index >= 15 is 0 Å². The van der Waals surface area contributed by atoms with Crippen molar-refractivity contribution in [3.8, 4) is 0 Å². The smallest absolute Gasteiger partial charge is 0.322 e. The number of rotatable bonds is 17. The lowest BCUT2D eigenvalue weighted by atomic mass is 10.1. The number of carboxylic acids is 1. The minimum atomic E-state index is -1.19. The normalized spacial score (nSPS) is 14.3. The van der Waals surface area contributed by atoms with Gasteiger partial charge in [-0.15, -0.1) is 0 Å². The van der Waals surface area contributed by atoms with Crippen LogP contribution in [0.2, 0.25) is 0 Å². The summed E-state index contributed by atoms with van der Waals surface area (Å²) >= 11 is 4.83.